The Morgan fingerprint density at radius 2 is 1.89 bits per heavy atom. The SMILES string of the molecule is CNNC(=O)C1(c2ccc(SC(C)C)cc2)CC1. The number of thioether (sulfide) groups is 1. The highest BCUT2D eigenvalue weighted by Crippen LogP contribution is 2.48. The van der Waals surface area contributed by atoms with E-state index in [9.17, 15) is 4.79 Å². The summed E-state index contributed by atoms with van der Waals surface area (Å²) in [6, 6.07) is 8.42. The number of carbonyl (C=O) groups excluding carboxylic acids is 1. The lowest BCUT2D eigenvalue weighted by molar-refractivity contribution is -0.124. The van der Waals surface area contributed by atoms with Crippen LogP contribution in [0.15, 0.2) is 29.2 Å². The van der Waals surface area contributed by atoms with E-state index < -0.39 is 0 Å². The average molecular weight is 264 g/mol. The molecule has 1 fully saturated rings. The molecule has 98 valence electrons. The number of nitrogens with one attached hydrogen (secondary N) is 2. The Bertz CT molecular complexity index is 424. The monoisotopic (exact) mass is 264 g/mol. The largest absolute Gasteiger partial charge is 0.291 e. The van der Waals surface area contributed by atoms with Crippen LogP contribution in [0.5, 0.6) is 0 Å². The smallest absolute Gasteiger partial charge is 0.244 e. The number of hydrazine groups is 1. The highest BCUT2D eigenvalue weighted by atomic mass is 32.2. The average Bonchev–Trinajstić information content (AvgIpc) is 3.11. The Kier molecular flexibility index (Phi) is 3.97. The lowest BCUT2D eigenvalue weighted by Crippen LogP contribution is -2.41. The Morgan fingerprint density at radius 1 is 1.28 bits per heavy atom. The van der Waals surface area contributed by atoms with Crippen LogP contribution in [-0.2, 0) is 10.2 Å². The molecule has 1 saturated carbocycles. The fourth-order valence-corrected chi connectivity index (χ4v) is 2.97. The van der Waals surface area contributed by atoms with Crippen molar-refractivity contribution in [1.82, 2.24) is 10.9 Å². The van der Waals surface area contributed by atoms with E-state index in [0.29, 0.717) is 5.25 Å². The summed E-state index contributed by atoms with van der Waals surface area (Å²) in [4.78, 5) is 13.3. The number of carbonyl (C=O) groups is 1. The molecule has 1 aromatic rings. The van der Waals surface area contributed by atoms with Crippen LogP contribution in [0.3, 0.4) is 0 Å². The highest BCUT2D eigenvalue weighted by molar-refractivity contribution is 7.99. The summed E-state index contributed by atoms with van der Waals surface area (Å²) in [6.45, 7) is 4.36. The van der Waals surface area contributed by atoms with Gasteiger partial charge in [0.1, 0.15) is 0 Å². The molecule has 2 rings (SSSR count). The van der Waals surface area contributed by atoms with Crippen molar-refractivity contribution >= 4 is 17.7 Å². The van der Waals surface area contributed by atoms with E-state index in [0.717, 1.165) is 18.4 Å². The molecule has 0 aliphatic heterocycles. The topological polar surface area (TPSA) is 41.1 Å². The zero-order chi connectivity index (χ0) is 13.2. The molecule has 0 aromatic heterocycles. The van der Waals surface area contributed by atoms with Crippen LogP contribution in [0.4, 0.5) is 0 Å². The van der Waals surface area contributed by atoms with Crippen LogP contribution in [0.2, 0.25) is 0 Å². The molecule has 1 aliphatic carbocycles. The van der Waals surface area contributed by atoms with Crippen LogP contribution in [-0.4, -0.2) is 18.2 Å². The lowest BCUT2D eigenvalue weighted by atomic mass is 9.95. The van der Waals surface area contributed by atoms with Gasteiger partial charge < -0.3 is 0 Å². The maximum atomic E-state index is 12.0. The number of rotatable bonds is 5. The van der Waals surface area contributed by atoms with Crippen molar-refractivity contribution in [2.24, 2.45) is 0 Å². The second-order valence-electron chi connectivity index (χ2n) is 4.98. The first kappa shape index (κ1) is 13.4. The van der Waals surface area contributed by atoms with Gasteiger partial charge in [-0.1, -0.05) is 26.0 Å². The first-order valence-electron chi connectivity index (χ1n) is 6.33. The molecule has 4 heteroatoms. The summed E-state index contributed by atoms with van der Waals surface area (Å²) in [5.41, 5.74) is 6.26. The van der Waals surface area contributed by atoms with Gasteiger partial charge in [0.05, 0.1) is 5.41 Å². The molecule has 3 nitrogen and oxygen atoms in total. The predicted molar refractivity (Wildman–Crippen MR) is 75.5 cm³/mol. The number of amides is 1. The minimum atomic E-state index is -0.288. The highest BCUT2D eigenvalue weighted by Gasteiger charge is 2.51. The third kappa shape index (κ3) is 2.70. The Labute approximate surface area is 113 Å². The molecule has 0 saturated heterocycles. The normalized spacial score (nSPS) is 16.7. The molecular formula is C14H20N2OS. The van der Waals surface area contributed by atoms with E-state index in [4.69, 9.17) is 0 Å². The van der Waals surface area contributed by atoms with Gasteiger partial charge in [0.15, 0.2) is 0 Å². The molecule has 0 radical (unpaired) electrons. The van der Waals surface area contributed by atoms with Gasteiger partial charge in [-0.25, -0.2) is 5.43 Å². The zero-order valence-electron chi connectivity index (χ0n) is 11.1. The Hall–Kier alpha value is -1.00. The molecular weight excluding hydrogens is 244 g/mol. The van der Waals surface area contributed by atoms with E-state index in [1.165, 1.54) is 4.90 Å². The number of benzene rings is 1. The fourth-order valence-electron chi connectivity index (χ4n) is 2.13. The second kappa shape index (κ2) is 5.33. The van der Waals surface area contributed by atoms with Crippen LogP contribution in [0.25, 0.3) is 0 Å². The van der Waals surface area contributed by atoms with Crippen molar-refractivity contribution in [3.05, 3.63) is 29.8 Å². The standard InChI is InChI=1S/C14H20N2OS/c1-10(2)18-12-6-4-11(5-7-12)14(8-9-14)13(17)16-15-3/h4-7,10,15H,8-9H2,1-3H3,(H,16,17). The van der Waals surface area contributed by atoms with E-state index in [-0.39, 0.29) is 11.3 Å². The van der Waals surface area contributed by atoms with Crippen molar-refractivity contribution in [3.63, 3.8) is 0 Å². The Balaban J connectivity index is 2.12. The molecule has 0 heterocycles. The number of hydrogen-bond acceptors (Lipinski definition) is 3. The molecule has 0 spiro atoms. The minimum absolute atomic E-state index is 0.0780. The van der Waals surface area contributed by atoms with Crippen molar-refractivity contribution in [1.29, 1.82) is 0 Å². The Morgan fingerprint density at radius 3 is 2.33 bits per heavy atom. The van der Waals surface area contributed by atoms with Gasteiger partial charge in [-0.3, -0.25) is 10.2 Å². The first-order valence-corrected chi connectivity index (χ1v) is 7.21. The van der Waals surface area contributed by atoms with Crippen molar-refractivity contribution in [2.75, 3.05) is 7.05 Å². The summed E-state index contributed by atoms with van der Waals surface area (Å²) in [6.07, 6.45) is 1.88. The van der Waals surface area contributed by atoms with Gasteiger partial charge in [0.2, 0.25) is 5.91 Å². The van der Waals surface area contributed by atoms with Gasteiger partial charge in [-0.15, -0.1) is 11.8 Å². The van der Waals surface area contributed by atoms with Gasteiger partial charge in [0, 0.05) is 17.2 Å². The van der Waals surface area contributed by atoms with Crippen LogP contribution < -0.4 is 10.9 Å². The maximum Gasteiger partial charge on any atom is 0.244 e. The minimum Gasteiger partial charge on any atom is -0.291 e. The molecule has 1 amide bonds. The molecule has 2 N–H and O–H groups in total. The van der Waals surface area contributed by atoms with Crippen molar-refractivity contribution < 1.29 is 4.79 Å². The third-order valence-corrected chi connectivity index (χ3v) is 4.22. The van der Waals surface area contributed by atoms with Crippen LogP contribution in [0, 0.1) is 0 Å². The fraction of sp³-hybridized carbons (Fsp3) is 0.500. The number of hydrogen-bond donors (Lipinski definition) is 2. The van der Waals surface area contributed by atoms with Gasteiger partial charge >= 0.3 is 0 Å². The maximum absolute atomic E-state index is 12.0. The van der Waals surface area contributed by atoms with Crippen molar-refractivity contribution in [3.8, 4) is 0 Å². The molecule has 0 atom stereocenters. The van der Waals surface area contributed by atoms with Crippen molar-refractivity contribution in [2.45, 2.75) is 42.2 Å². The van der Waals surface area contributed by atoms with E-state index >= 15 is 0 Å². The predicted octanol–water partition coefficient (Wildman–Crippen LogP) is 2.47. The van der Waals surface area contributed by atoms with Crippen LogP contribution >= 0.6 is 11.8 Å². The summed E-state index contributed by atoms with van der Waals surface area (Å²) < 4.78 is 0. The first-order chi connectivity index (χ1) is 8.58. The van der Waals surface area contributed by atoms with Gasteiger partial charge in [0.25, 0.3) is 0 Å². The lowest BCUT2D eigenvalue weighted by Gasteiger charge is -2.15. The van der Waals surface area contributed by atoms with Gasteiger partial charge in [-0.05, 0) is 30.5 Å². The second-order valence-corrected chi connectivity index (χ2v) is 6.63. The zero-order valence-corrected chi connectivity index (χ0v) is 11.9. The quantitative estimate of drug-likeness (QED) is 0.634. The molecule has 1 aromatic carbocycles. The summed E-state index contributed by atoms with van der Waals surface area (Å²) in [5.74, 6) is 0.0780. The summed E-state index contributed by atoms with van der Waals surface area (Å²) >= 11 is 1.84. The summed E-state index contributed by atoms with van der Waals surface area (Å²) in [7, 11) is 1.72. The third-order valence-electron chi connectivity index (χ3n) is 3.20. The molecule has 18 heavy (non-hydrogen) atoms. The van der Waals surface area contributed by atoms with Gasteiger partial charge in [-0.2, -0.15) is 0 Å². The molecule has 0 bridgehead atoms. The molecule has 1 aliphatic rings. The van der Waals surface area contributed by atoms with E-state index in [2.05, 4.69) is 49.0 Å². The van der Waals surface area contributed by atoms with E-state index in [1.54, 1.807) is 7.05 Å². The van der Waals surface area contributed by atoms with E-state index in [1.807, 2.05) is 11.8 Å². The molecule has 0 unspecified atom stereocenters. The van der Waals surface area contributed by atoms with Crippen LogP contribution in [0.1, 0.15) is 32.3 Å². The summed E-state index contributed by atoms with van der Waals surface area (Å²) in [5, 5.41) is 0.582.